The van der Waals surface area contributed by atoms with Gasteiger partial charge in [0.25, 0.3) is 0 Å². The first-order chi connectivity index (χ1) is 14.6. The van der Waals surface area contributed by atoms with Gasteiger partial charge in [-0.25, -0.2) is 4.90 Å². The Bertz CT molecular complexity index is 1170. The summed E-state index contributed by atoms with van der Waals surface area (Å²) in [6.45, 7) is 2.14. The first kappa shape index (κ1) is 17.9. The first-order valence-electron chi connectivity index (χ1n) is 10.4. The van der Waals surface area contributed by atoms with E-state index in [2.05, 4.69) is 31.2 Å². The van der Waals surface area contributed by atoms with Crippen molar-refractivity contribution in [2.24, 2.45) is 11.8 Å². The lowest BCUT2D eigenvalue weighted by atomic mass is 9.46. The van der Waals surface area contributed by atoms with Crippen molar-refractivity contribution >= 4 is 29.1 Å². The molecule has 7 rings (SSSR count). The van der Waals surface area contributed by atoms with E-state index in [1.807, 2.05) is 24.3 Å². The largest absolute Gasteiger partial charge is 0.274 e. The molecule has 0 spiro atoms. The standard InChI is InChI=1S/C26H20ClNO2/c1-2-26-19-9-5-3-7-17(19)21(18-8-4-6-10-20(18)26)22-23(26)25(30)28(24(22)29)16-13-11-15(27)12-14-16/h3-14,21-23H,2H2,1H3/t21?,22-,23+,26?/m1/s1. The fourth-order valence-electron chi connectivity index (χ4n) is 6.37. The second-order valence-electron chi connectivity index (χ2n) is 8.47. The molecule has 4 aliphatic rings. The molecular weight excluding hydrogens is 394 g/mol. The highest BCUT2D eigenvalue weighted by Gasteiger charge is 2.67. The van der Waals surface area contributed by atoms with E-state index in [1.165, 1.54) is 27.2 Å². The molecule has 0 unspecified atom stereocenters. The number of anilines is 1. The molecule has 3 aromatic rings. The molecule has 0 N–H and O–H groups in total. The second-order valence-corrected chi connectivity index (χ2v) is 8.91. The Hall–Kier alpha value is -2.91. The Morgan fingerprint density at radius 2 is 1.40 bits per heavy atom. The zero-order valence-electron chi connectivity index (χ0n) is 16.5. The van der Waals surface area contributed by atoms with Gasteiger partial charge in [-0.15, -0.1) is 0 Å². The number of imide groups is 1. The fourth-order valence-corrected chi connectivity index (χ4v) is 6.50. The quantitative estimate of drug-likeness (QED) is 0.534. The summed E-state index contributed by atoms with van der Waals surface area (Å²) < 4.78 is 0. The molecule has 2 atom stereocenters. The smallest absolute Gasteiger partial charge is 0.238 e. The topological polar surface area (TPSA) is 37.4 Å². The van der Waals surface area contributed by atoms with Crippen molar-refractivity contribution in [3.05, 3.63) is 100 Å². The van der Waals surface area contributed by atoms with Crippen LogP contribution in [0.3, 0.4) is 0 Å². The van der Waals surface area contributed by atoms with Crippen LogP contribution in [0.4, 0.5) is 5.69 Å². The van der Waals surface area contributed by atoms with Gasteiger partial charge in [0, 0.05) is 16.4 Å². The van der Waals surface area contributed by atoms with Crippen LogP contribution in [0.15, 0.2) is 72.8 Å². The first-order valence-corrected chi connectivity index (χ1v) is 10.8. The predicted octanol–water partition coefficient (Wildman–Crippen LogP) is 5.30. The highest BCUT2D eigenvalue weighted by Crippen LogP contribution is 2.65. The summed E-state index contributed by atoms with van der Waals surface area (Å²) in [5.74, 6) is -1.05. The maximum Gasteiger partial charge on any atom is 0.238 e. The highest BCUT2D eigenvalue weighted by molar-refractivity contribution is 6.31. The highest BCUT2D eigenvalue weighted by atomic mass is 35.5. The Balaban J connectivity index is 1.63. The molecule has 2 amide bonds. The van der Waals surface area contributed by atoms with E-state index >= 15 is 0 Å². The summed E-state index contributed by atoms with van der Waals surface area (Å²) in [5, 5.41) is 0.583. The number of halogens is 1. The SMILES string of the molecule is CCC12c3ccccc3C(c3ccccc31)[C@H]1C(=O)N(c3ccc(Cl)cc3)C(=O)[C@H]12. The van der Waals surface area contributed by atoms with Gasteiger partial charge in [0.05, 0.1) is 17.5 Å². The Morgan fingerprint density at radius 1 is 0.833 bits per heavy atom. The molecule has 4 heteroatoms. The number of carbonyl (C=O) groups excluding carboxylic acids is 2. The molecule has 148 valence electrons. The van der Waals surface area contributed by atoms with Crippen LogP contribution in [0.25, 0.3) is 0 Å². The fraction of sp³-hybridized carbons (Fsp3) is 0.231. The molecule has 0 aromatic heterocycles. The Labute approximate surface area is 180 Å². The van der Waals surface area contributed by atoms with Crippen LogP contribution in [0, 0.1) is 11.8 Å². The van der Waals surface area contributed by atoms with Crippen LogP contribution >= 0.6 is 11.6 Å². The third kappa shape index (κ3) is 1.96. The normalized spacial score (nSPS) is 28.3. The van der Waals surface area contributed by atoms with E-state index in [1.54, 1.807) is 24.3 Å². The monoisotopic (exact) mass is 413 g/mol. The predicted molar refractivity (Wildman–Crippen MR) is 117 cm³/mol. The van der Waals surface area contributed by atoms with Gasteiger partial charge in [0.15, 0.2) is 0 Å². The van der Waals surface area contributed by atoms with E-state index in [9.17, 15) is 9.59 Å². The van der Waals surface area contributed by atoms with E-state index in [0.717, 1.165) is 6.42 Å². The van der Waals surface area contributed by atoms with Crippen LogP contribution in [0.1, 0.15) is 41.5 Å². The average Bonchev–Trinajstić information content (AvgIpc) is 3.05. The van der Waals surface area contributed by atoms with Crippen molar-refractivity contribution in [1.29, 1.82) is 0 Å². The minimum absolute atomic E-state index is 0.0930. The van der Waals surface area contributed by atoms with E-state index in [0.29, 0.717) is 10.7 Å². The third-order valence-corrected chi connectivity index (χ3v) is 7.69. The van der Waals surface area contributed by atoms with E-state index in [-0.39, 0.29) is 29.6 Å². The zero-order chi connectivity index (χ0) is 20.6. The van der Waals surface area contributed by atoms with Crippen LogP contribution in [0.2, 0.25) is 5.02 Å². The number of hydrogen-bond acceptors (Lipinski definition) is 2. The summed E-state index contributed by atoms with van der Waals surface area (Å²) >= 11 is 6.05. The van der Waals surface area contributed by atoms with E-state index < -0.39 is 5.41 Å². The van der Waals surface area contributed by atoms with Gasteiger partial charge >= 0.3 is 0 Å². The lowest BCUT2D eigenvalue weighted by Crippen LogP contribution is -2.53. The number of benzene rings is 3. The van der Waals surface area contributed by atoms with Gasteiger partial charge in [-0.3, -0.25) is 9.59 Å². The maximum atomic E-state index is 13.9. The van der Waals surface area contributed by atoms with Crippen LogP contribution < -0.4 is 4.90 Å². The minimum atomic E-state index is -0.486. The summed E-state index contributed by atoms with van der Waals surface area (Å²) in [4.78, 5) is 29.1. The molecule has 1 fully saturated rings. The van der Waals surface area contributed by atoms with Gasteiger partial charge in [-0.1, -0.05) is 67.1 Å². The molecule has 3 aliphatic carbocycles. The van der Waals surface area contributed by atoms with Crippen LogP contribution in [-0.4, -0.2) is 11.8 Å². The van der Waals surface area contributed by atoms with Crippen molar-refractivity contribution in [1.82, 2.24) is 0 Å². The van der Waals surface area contributed by atoms with Crippen molar-refractivity contribution in [2.45, 2.75) is 24.7 Å². The molecule has 1 saturated heterocycles. The Kier molecular flexibility index (Phi) is 3.61. The number of carbonyl (C=O) groups is 2. The van der Waals surface area contributed by atoms with Crippen LogP contribution in [-0.2, 0) is 15.0 Å². The molecular formula is C26H20ClNO2. The number of amides is 2. The molecule has 2 bridgehead atoms. The third-order valence-electron chi connectivity index (χ3n) is 7.44. The van der Waals surface area contributed by atoms with Crippen LogP contribution in [0.5, 0.6) is 0 Å². The molecule has 30 heavy (non-hydrogen) atoms. The summed E-state index contributed by atoms with van der Waals surface area (Å²) in [6, 6.07) is 23.7. The summed E-state index contributed by atoms with van der Waals surface area (Å²) in [5.41, 5.74) is 4.91. The second kappa shape index (κ2) is 6.05. The molecule has 3 nitrogen and oxygen atoms in total. The van der Waals surface area contributed by atoms with Crippen molar-refractivity contribution < 1.29 is 9.59 Å². The van der Waals surface area contributed by atoms with Gasteiger partial charge in [-0.05, 0) is 52.9 Å². The van der Waals surface area contributed by atoms with Crippen molar-refractivity contribution in [3.63, 3.8) is 0 Å². The molecule has 0 radical (unpaired) electrons. The number of nitrogens with zero attached hydrogens (tertiary/aromatic N) is 1. The Morgan fingerprint density at radius 3 is 1.97 bits per heavy atom. The van der Waals surface area contributed by atoms with E-state index in [4.69, 9.17) is 11.6 Å². The zero-order valence-corrected chi connectivity index (χ0v) is 17.3. The summed E-state index contributed by atoms with van der Waals surface area (Å²) in [7, 11) is 0. The lowest BCUT2D eigenvalue weighted by Gasteiger charge is -2.54. The lowest BCUT2D eigenvalue weighted by molar-refractivity contribution is -0.123. The van der Waals surface area contributed by atoms with Crippen molar-refractivity contribution in [2.75, 3.05) is 4.90 Å². The average molecular weight is 414 g/mol. The number of hydrogen-bond donors (Lipinski definition) is 0. The number of rotatable bonds is 2. The maximum absolute atomic E-state index is 13.9. The summed E-state index contributed by atoms with van der Waals surface area (Å²) in [6.07, 6.45) is 0.766. The van der Waals surface area contributed by atoms with Gasteiger partial charge in [0.2, 0.25) is 11.8 Å². The molecule has 0 saturated carbocycles. The minimum Gasteiger partial charge on any atom is -0.274 e. The molecule has 1 heterocycles. The molecule has 1 aliphatic heterocycles. The van der Waals surface area contributed by atoms with Gasteiger partial charge in [0.1, 0.15) is 0 Å². The molecule has 3 aromatic carbocycles. The van der Waals surface area contributed by atoms with Gasteiger partial charge < -0.3 is 0 Å². The van der Waals surface area contributed by atoms with Gasteiger partial charge in [-0.2, -0.15) is 0 Å². The van der Waals surface area contributed by atoms with Crippen molar-refractivity contribution in [3.8, 4) is 0 Å².